The SMILES string of the molecule is NC(CC[N+]1(Cc2ccc(Br)cc2)CCOCC1)(Cc1ccc(Br)cc1)Cc1ccc(Br)cc1.O=C[O-]. The quantitative estimate of drug-likeness (QED) is 0.245. The lowest BCUT2D eigenvalue weighted by atomic mass is 9.82. The monoisotopic (exact) mass is 694 g/mol. The highest BCUT2D eigenvalue weighted by atomic mass is 79.9. The van der Waals surface area contributed by atoms with Crippen LogP contribution in [0.3, 0.4) is 0 Å². The number of carbonyl (C=O) groups is 1. The van der Waals surface area contributed by atoms with E-state index >= 15 is 0 Å². The first-order chi connectivity index (χ1) is 17.7. The number of morpholine rings is 1. The van der Waals surface area contributed by atoms with E-state index in [1.165, 1.54) is 16.7 Å². The summed E-state index contributed by atoms with van der Waals surface area (Å²) < 4.78 is 10.1. The topological polar surface area (TPSA) is 75.4 Å². The third-order valence-electron chi connectivity index (χ3n) is 6.87. The van der Waals surface area contributed by atoms with Crippen molar-refractivity contribution in [3.05, 3.63) is 103 Å². The van der Waals surface area contributed by atoms with Crippen LogP contribution in [0.4, 0.5) is 0 Å². The van der Waals surface area contributed by atoms with Crippen molar-refractivity contribution in [2.45, 2.75) is 31.3 Å². The zero-order valence-electron chi connectivity index (χ0n) is 20.8. The molecule has 0 aromatic heterocycles. The largest absolute Gasteiger partial charge is 0.554 e. The number of carboxylic acid groups (broad SMARTS) is 1. The molecule has 0 amide bonds. The lowest BCUT2D eigenvalue weighted by molar-refractivity contribution is -0.948. The Bertz CT molecular complexity index is 1050. The molecular formula is C29H33Br3N2O3. The highest BCUT2D eigenvalue weighted by Gasteiger charge is 2.35. The van der Waals surface area contributed by atoms with E-state index in [-0.39, 0.29) is 5.54 Å². The Balaban J connectivity index is 0.00000121. The third kappa shape index (κ3) is 9.93. The van der Waals surface area contributed by atoms with E-state index in [0.29, 0.717) is 0 Å². The van der Waals surface area contributed by atoms with Crippen LogP contribution in [0.15, 0.2) is 86.2 Å². The predicted octanol–water partition coefficient (Wildman–Crippen LogP) is 5.26. The number of carbonyl (C=O) groups excluding carboxylic acids is 1. The lowest BCUT2D eigenvalue weighted by Gasteiger charge is -2.44. The molecule has 2 N–H and O–H groups in total. The Kier molecular flexibility index (Phi) is 11.8. The van der Waals surface area contributed by atoms with Gasteiger partial charge in [-0.05, 0) is 60.4 Å². The highest BCUT2D eigenvalue weighted by molar-refractivity contribution is 9.11. The van der Waals surface area contributed by atoms with Gasteiger partial charge in [-0.3, -0.25) is 0 Å². The maximum absolute atomic E-state index is 8.25. The second-order valence-corrected chi connectivity index (χ2v) is 12.5. The van der Waals surface area contributed by atoms with Gasteiger partial charge in [0.2, 0.25) is 0 Å². The highest BCUT2D eigenvalue weighted by Crippen LogP contribution is 2.27. The molecule has 198 valence electrons. The molecule has 1 aliphatic heterocycles. The minimum absolute atomic E-state index is 0.328. The van der Waals surface area contributed by atoms with Crippen LogP contribution < -0.4 is 10.8 Å². The van der Waals surface area contributed by atoms with Crippen LogP contribution in [0.25, 0.3) is 0 Å². The van der Waals surface area contributed by atoms with Crippen LogP contribution in [0.1, 0.15) is 23.1 Å². The summed E-state index contributed by atoms with van der Waals surface area (Å²) in [4.78, 5) is 8.25. The summed E-state index contributed by atoms with van der Waals surface area (Å²) >= 11 is 10.7. The van der Waals surface area contributed by atoms with Gasteiger partial charge in [0, 0.05) is 37.4 Å². The minimum Gasteiger partial charge on any atom is -0.554 e. The van der Waals surface area contributed by atoms with E-state index < -0.39 is 6.47 Å². The molecule has 1 fully saturated rings. The van der Waals surface area contributed by atoms with Gasteiger partial charge in [-0.2, -0.15) is 0 Å². The van der Waals surface area contributed by atoms with Gasteiger partial charge in [0.15, 0.2) is 0 Å². The van der Waals surface area contributed by atoms with Crippen molar-refractivity contribution in [1.29, 1.82) is 0 Å². The Morgan fingerprint density at radius 2 is 1.16 bits per heavy atom. The van der Waals surface area contributed by atoms with E-state index in [1.54, 1.807) is 0 Å². The van der Waals surface area contributed by atoms with E-state index in [4.69, 9.17) is 20.4 Å². The maximum Gasteiger partial charge on any atom is 0.104 e. The van der Waals surface area contributed by atoms with Crippen molar-refractivity contribution >= 4 is 54.3 Å². The van der Waals surface area contributed by atoms with Crippen LogP contribution in [0, 0.1) is 0 Å². The Morgan fingerprint density at radius 3 is 1.57 bits per heavy atom. The maximum atomic E-state index is 8.25. The summed E-state index contributed by atoms with van der Waals surface area (Å²) in [5, 5.41) is 8.25. The molecule has 0 saturated carbocycles. The van der Waals surface area contributed by atoms with Gasteiger partial charge < -0.3 is 24.9 Å². The Morgan fingerprint density at radius 1 is 0.784 bits per heavy atom. The predicted molar refractivity (Wildman–Crippen MR) is 157 cm³/mol. The number of benzene rings is 3. The van der Waals surface area contributed by atoms with Crippen molar-refractivity contribution in [3.8, 4) is 0 Å². The van der Waals surface area contributed by atoms with Crippen LogP contribution in [-0.2, 0) is 28.9 Å². The summed E-state index contributed by atoms with van der Waals surface area (Å²) in [6.07, 6.45) is 2.66. The van der Waals surface area contributed by atoms with Gasteiger partial charge in [-0.1, -0.05) is 84.2 Å². The molecule has 0 atom stereocenters. The van der Waals surface area contributed by atoms with Gasteiger partial charge in [-0.15, -0.1) is 0 Å². The first-order valence-corrected chi connectivity index (χ1v) is 14.6. The van der Waals surface area contributed by atoms with Gasteiger partial charge in [-0.25, -0.2) is 0 Å². The molecule has 4 rings (SSSR count). The molecule has 0 aliphatic carbocycles. The molecule has 3 aromatic rings. The number of quaternary nitrogens is 1. The normalized spacial score (nSPS) is 14.9. The fourth-order valence-corrected chi connectivity index (χ4v) is 5.68. The number of hydrogen-bond acceptors (Lipinski definition) is 4. The number of hydrogen-bond donors (Lipinski definition) is 1. The summed E-state index contributed by atoms with van der Waals surface area (Å²) in [7, 11) is 0. The minimum atomic E-state index is -0.500. The molecule has 5 nitrogen and oxygen atoms in total. The van der Waals surface area contributed by atoms with Crippen LogP contribution in [0.5, 0.6) is 0 Å². The number of nitrogens with two attached hydrogens (primary N) is 1. The standard InChI is InChI=1S/C28H32Br3N2O.CH2O2/c29-25-7-1-22(2-8-25)19-28(32,20-23-3-9-26(30)10-4-23)13-14-33(15-17-34-18-16-33)21-24-5-11-27(31)12-6-24;2-1-3/h1-12H,13-21,32H2;1H,(H,2,3)/q+1;/p-1. The smallest absolute Gasteiger partial charge is 0.104 e. The second kappa shape index (κ2) is 14.6. The van der Waals surface area contributed by atoms with Crippen LogP contribution >= 0.6 is 47.8 Å². The summed E-state index contributed by atoms with van der Waals surface area (Å²) in [5.74, 6) is 0. The first kappa shape index (κ1) is 30.0. The molecule has 1 saturated heterocycles. The first-order valence-electron chi connectivity index (χ1n) is 12.3. The zero-order valence-corrected chi connectivity index (χ0v) is 25.5. The van der Waals surface area contributed by atoms with E-state index in [0.717, 1.165) is 76.6 Å². The summed E-state index contributed by atoms with van der Waals surface area (Å²) in [6, 6.07) is 25.9. The van der Waals surface area contributed by atoms with Crippen molar-refractivity contribution < 1.29 is 19.1 Å². The molecule has 0 unspecified atom stereocenters. The molecule has 0 bridgehead atoms. The van der Waals surface area contributed by atoms with Crippen molar-refractivity contribution in [1.82, 2.24) is 0 Å². The van der Waals surface area contributed by atoms with Gasteiger partial charge in [0.25, 0.3) is 0 Å². The average molecular weight is 697 g/mol. The third-order valence-corrected chi connectivity index (χ3v) is 8.46. The zero-order chi connectivity index (χ0) is 26.7. The van der Waals surface area contributed by atoms with Crippen molar-refractivity contribution in [2.24, 2.45) is 5.73 Å². The molecule has 1 heterocycles. The fraction of sp³-hybridized carbons (Fsp3) is 0.345. The molecule has 0 radical (unpaired) electrons. The number of nitrogens with zero attached hydrogens (tertiary/aromatic N) is 1. The number of rotatable bonds is 9. The summed E-state index contributed by atoms with van der Waals surface area (Å²) in [5.41, 5.74) is 10.9. The van der Waals surface area contributed by atoms with Gasteiger partial charge >= 0.3 is 0 Å². The Labute approximate surface area is 245 Å². The van der Waals surface area contributed by atoms with Crippen molar-refractivity contribution in [2.75, 3.05) is 32.8 Å². The van der Waals surface area contributed by atoms with Gasteiger partial charge in [0.1, 0.15) is 19.6 Å². The number of halogens is 3. The molecule has 8 heteroatoms. The van der Waals surface area contributed by atoms with E-state index in [2.05, 4.69) is 121 Å². The average Bonchev–Trinajstić information content (AvgIpc) is 2.88. The van der Waals surface area contributed by atoms with Crippen LogP contribution in [0.2, 0.25) is 0 Å². The molecule has 1 aliphatic rings. The van der Waals surface area contributed by atoms with E-state index in [9.17, 15) is 0 Å². The molecule has 0 spiro atoms. The van der Waals surface area contributed by atoms with Gasteiger partial charge in [0.05, 0.1) is 19.8 Å². The second-order valence-electron chi connectivity index (χ2n) is 9.72. The van der Waals surface area contributed by atoms with Crippen LogP contribution in [-0.4, -0.2) is 49.3 Å². The lowest BCUT2D eigenvalue weighted by Crippen LogP contribution is -2.58. The Hall–Kier alpha value is -1.55. The van der Waals surface area contributed by atoms with Crippen molar-refractivity contribution in [3.63, 3.8) is 0 Å². The number of ether oxygens (including phenoxy) is 1. The summed E-state index contributed by atoms with van der Waals surface area (Å²) in [6.45, 7) is 5.25. The molecule has 3 aromatic carbocycles. The molecule has 37 heavy (non-hydrogen) atoms. The fourth-order valence-electron chi connectivity index (χ4n) is 4.88. The molecular weight excluding hydrogens is 664 g/mol. The van der Waals surface area contributed by atoms with E-state index in [1.807, 2.05) is 0 Å².